The van der Waals surface area contributed by atoms with Gasteiger partial charge in [0.1, 0.15) is 17.2 Å². The largest absolute Gasteiger partial charge is 0.507 e. The molecular formula is C34H32O4. The van der Waals surface area contributed by atoms with Crippen molar-refractivity contribution in [2.75, 3.05) is 0 Å². The summed E-state index contributed by atoms with van der Waals surface area (Å²) in [6.07, 6.45) is 1.74. The Morgan fingerprint density at radius 3 is 1.79 bits per heavy atom. The van der Waals surface area contributed by atoms with Crippen molar-refractivity contribution in [2.24, 2.45) is 0 Å². The third-order valence-electron chi connectivity index (χ3n) is 7.83. The van der Waals surface area contributed by atoms with Crippen LogP contribution in [-0.4, -0.2) is 16.2 Å². The highest BCUT2D eigenvalue weighted by molar-refractivity contribution is 5.93. The number of carbonyl (C=O) groups is 1. The number of phenols is 2. The molecule has 0 saturated heterocycles. The van der Waals surface area contributed by atoms with Crippen molar-refractivity contribution in [3.05, 3.63) is 123 Å². The fraction of sp³-hybridized carbons (Fsp3) is 0.206. The molecule has 4 heteroatoms. The van der Waals surface area contributed by atoms with Crippen LogP contribution in [0.1, 0.15) is 58.4 Å². The number of aromatic hydroxyl groups is 2. The molecule has 4 nitrogen and oxygen atoms in total. The van der Waals surface area contributed by atoms with Crippen molar-refractivity contribution in [3.63, 3.8) is 0 Å². The molecule has 0 bridgehead atoms. The molecule has 0 radical (unpaired) electrons. The van der Waals surface area contributed by atoms with Crippen LogP contribution in [-0.2, 0) is 10.2 Å². The van der Waals surface area contributed by atoms with E-state index in [-0.39, 0.29) is 11.5 Å². The van der Waals surface area contributed by atoms with Gasteiger partial charge in [0.15, 0.2) is 0 Å². The van der Waals surface area contributed by atoms with E-state index in [1.54, 1.807) is 13.0 Å². The van der Waals surface area contributed by atoms with E-state index < -0.39 is 11.4 Å². The van der Waals surface area contributed by atoms with Gasteiger partial charge in [0.05, 0.1) is 5.41 Å². The number of hydrogen-bond donors (Lipinski definition) is 2. The minimum absolute atomic E-state index is 0.261. The maximum Gasteiger partial charge on any atom is 0.338 e. The van der Waals surface area contributed by atoms with Crippen molar-refractivity contribution in [2.45, 2.75) is 47.0 Å². The summed E-state index contributed by atoms with van der Waals surface area (Å²) in [6.45, 7) is 11.2. The van der Waals surface area contributed by atoms with Crippen LogP contribution < -0.4 is 4.74 Å². The van der Waals surface area contributed by atoms with Crippen LogP contribution in [0.4, 0.5) is 0 Å². The third kappa shape index (κ3) is 3.63. The first-order valence-corrected chi connectivity index (χ1v) is 12.8. The lowest BCUT2D eigenvalue weighted by Crippen LogP contribution is -2.30. The Labute approximate surface area is 223 Å². The van der Waals surface area contributed by atoms with Gasteiger partial charge < -0.3 is 14.9 Å². The van der Waals surface area contributed by atoms with E-state index >= 15 is 0 Å². The van der Waals surface area contributed by atoms with Crippen LogP contribution in [0.15, 0.2) is 78.4 Å². The van der Waals surface area contributed by atoms with E-state index in [1.165, 1.54) is 0 Å². The summed E-state index contributed by atoms with van der Waals surface area (Å²) < 4.78 is 6.10. The lowest BCUT2D eigenvalue weighted by molar-refractivity contribution is -0.130. The van der Waals surface area contributed by atoms with E-state index in [0.717, 1.165) is 55.6 Å². The highest BCUT2D eigenvalue weighted by atomic mass is 16.5. The van der Waals surface area contributed by atoms with E-state index in [4.69, 9.17) is 4.74 Å². The number of ether oxygens (including phenoxy) is 1. The molecule has 0 atom stereocenters. The van der Waals surface area contributed by atoms with Gasteiger partial charge in [0.2, 0.25) is 0 Å². The molecule has 0 unspecified atom stereocenters. The molecule has 0 spiro atoms. The highest BCUT2D eigenvalue weighted by Gasteiger charge is 2.49. The summed E-state index contributed by atoms with van der Waals surface area (Å²) in [5.74, 6) is 0.604. The minimum Gasteiger partial charge on any atom is -0.507 e. The standard InChI is InChI=1S/C34H32O4/c1-7-19(2)33(37)38-29-14-10-12-27-26-11-8-9-13-28(26)34(30(27)29,24-15-20(3)31(35)21(4)16-24)25-17-22(5)32(36)23(6)18-25/h7-18,35-36H,1-6H3. The van der Waals surface area contributed by atoms with Crippen LogP contribution in [0.25, 0.3) is 11.1 Å². The molecule has 1 aliphatic carbocycles. The minimum atomic E-state index is -0.862. The number of esters is 1. The van der Waals surface area contributed by atoms with Gasteiger partial charge >= 0.3 is 5.97 Å². The molecule has 192 valence electrons. The Balaban J connectivity index is 1.98. The molecule has 5 rings (SSSR count). The molecule has 0 aromatic heterocycles. The summed E-state index contributed by atoms with van der Waals surface area (Å²) in [6, 6.07) is 22.1. The zero-order valence-corrected chi connectivity index (χ0v) is 22.6. The molecule has 0 aliphatic heterocycles. The van der Waals surface area contributed by atoms with Crippen LogP contribution in [0, 0.1) is 27.7 Å². The molecule has 38 heavy (non-hydrogen) atoms. The molecule has 1 aliphatic rings. The predicted molar refractivity (Wildman–Crippen MR) is 151 cm³/mol. The smallest absolute Gasteiger partial charge is 0.338 e. The second kappa shape index (κ2) is 9.21. The molecule has 0 saturated carbocycles. The maximum absolute atomic E-state index is 13.0. The summed E-state index contributed by atoms with van der Waals surface area (Å²) in [5.41, 5.74) is 8.56. The van der Waals surface area contributed by atoms with Crippen molar-refractivity contribution >= 4 is 5.97 Å². The van der Waals surface area contributed by atoms with Crippen LogP contribution in [0.5, 0.6) is 17.2 Å². The SMILES string of the molecule is CC=C(C)C(=O)Oc1cccc2c1C(c1cc(C)c(O)c(C)c1)(c1cc(C)c(O)c(C)c1)c1ccccc1-2. The van der Waals surface area contributed by atoms with Crippen molar-refractivity contribution < 1.29 is 19.7 Å². The number of phenolic OH excluding ortho intramolecular Hbond substituents is 2. The summed E-state index contributed by atoms with van der Waals surface area (Å²) in [4.78, 5) is 13.0. The monoisotopic (exact) mass is 504 g/mol. The van der Waals surface area contributed by atoms with Gasteiger partial charge in [0.25, 0.3) is 0 Å². The molecule has 4 aromatic carbocycles. The van der Waals surface area contributed by atoms with Crippen molar-refractivity contribution in [1.29, 1.82) is 0 Å². The fourth-order valence-corrected chi connectivity index (χ4v) is 5.82. The Bertz CT molecular complexity index is 1540. The van der Waals surface area contributed by atoms with Crippen LogP contribution in [0.2, 0.25) is 0 Å². The Kier molecular flexibility index (Phi) is 6.15. The van der Waals surface area contributed by atoms with Crippen LogP contribution in [0.3, 0.4) is 0 Å². The van der Waals surface area contributed by atoms with E-state index in [9.17, 15) is 15.0 Å². The van der Waals surface area contributed by atoms with Crippen LogP contribution >= 0.6 is 0 Å². The second-order valence-electron chi connectivity index (χ2n) is 10.3. The van der Waals surface area contributed by atoms with Gasteiger partial charge in [-0.15, -0.1) is 0 Å². The molecule has 0 heterocycles. The van der Waals surface area contributed by atoms with Crippen molar-refractivity contribution in [3.8, 4) is 28.4 Å². The highest BCUT2D eigenvalue weighted by Crippen LogP contribution is 2.59. The topological polar surface area (TPSA) is 66.8 Å². The normalized spacial score (nSPS) is 13.7. The Hall–Kier alpha value is -4.31. The summed E-state index contributed by atoms with van der Waals surface area (Å²) >= 11 is 0. The molecule has 0 amide bonds. The Morgan fingerprint density at radius 1 is 0.763 bits per heavy atom. The maximum atomic E-state index is 13.0. The molecule has 4 aromatic rings. The first kappa shape index (κ1) is 25.3. The fourth-order valence-electron chi connectivity index (χ4n) is 5.82. The number of benzene rings is 4. The van der Waals surface area contributed by atoms with Gasteiger partial charge in [0, 0.05) is 11.1 Å². The number of allylic oxidation sites excluding steroid dienone is 1. The average Bonchev–Trinajstić information content (AvgIpc) is 3.21. The number of fused-ring (bicyclic) bond motifs is 3. The lowest BCUT2D eigenvalue weighted by atomic mass is 9.66. The average molecular weight is 505 g/mol. The third-order valence-corrected chi connectivity index (χ3v) is 7.83. The number of carbonyl (C=O) groups excluding carboxylic acids is 1. The number of hydrogen-bond acceptors (Lipinski definition) is 4. The van der Waals surface area contributed by atoms with E-state index in [2.05, 4.69) is 18.2 Å². The molecule has 0 fully saturated rings. The van der Waals surface area contributed by atoms with Crippen molar-refractivity contribution in [1.82, 2.24) is 0 Å². The number of rotatable bonds is 4. The zero-order valence-electron chi connectivity index (χ0n) is 22.6. The summed E-state index contributed by atoms with van der Waals surface area (Å²) in [7, 11) is 0. The van der Waals surface area contributed by atoms with Gasteiger partial charge in [-0.3, -0.25) is 0 Å². The van der Waals surface area contributed by atoms with Gasteiger partial charge in [-0.1, -0.05) is 66.7 Å². The van der Waals surface area contributed by atoms with Gasteiger partial charge in [-0.25, -0.2) is 4.79 Å². The Morgan fingerprint density at radius 2 is 1.26 bits per heavy atom. The second-order valence-corrected chi connectivity index (χ2v) is 10.3. The first-order valence-electron chi connectivity index (χ1n) is 12.8. The van der Waals surface area contributed by atoms with E-state index in [0.29, 0.717) is 11.3 Å². The molecular weight excluding hydrogens is 472 g/mol. The summed E-state index contributed by atoms with van der Waals surface area (Å²) in [5, 5.41) is 21.4. The van der Waals surface area contributed by atoms with Gasteiger partial charge in [-0.05, 0) is 97.7 Å². The predicted octanol–water partition coefficient (Wildman–Crippen LogP) is 7.57. The number of aryl methyl sites for hydroxylation is 4. The molecule has 2 N–H and O–H groups in total. The quantitative estimate of drug-likeness (QED) is 0.151. The zero-order chi connectivity index (χ0) is 27.4. The van der Waals surface area contributed by atoms with Gasteiger partial charge in [-0.2, -0.15) is 0 Å². The van der Waals surface area contributed by atoms with E-state index in [1.807, 2.05) is 83.1 Å². The lowest BCUT2D eigenvalue weighted by Gasteiger charge is -2.36. The first-order chi connectivity index (χ1) is 18.1.